The fraction of sp³-hybridized carbons (Fsp3) is 0.500. The molecule has 1 aromatic rings. The van der Waals surface area contributed by atoms with Crippen LogP contribution in [0.2, 0.25) is 0 Å². The van der Waals surface area contributed by atoms with Crippen molar-refractivity contribution < 1.29 is 18.3 Å². The number of nitrogens with zero attached hydrogens (tertiary/aromatic N) is 1. The Morgan fingerprint density at radius 1 is 1.41 bits per heavy atom. The molecule has 0 aliphatic heterocycles. The predicted molar refractivity (Wildman–Crippen MR) is 65.8 cm³/mol. The van der Waals surface area contributed by atoms with Crippen LogP contribution in [-0.2, 0) is 21.2 Å². The van der Waals surface area contributed by atoms with E-state index in [4.69, 9.17) is 5.11 Å². The molecule has 5 nitrogen and oxygen atoms in total. The van der Waals surface area contributed by atoms with Crippen LogP contribution in [0.4, 0.5) is 0 Å². The van der Waals surface area contributed by atoms with Crippen molar-refractivity contribution in [3.63, 3.8) is 0 Å². The summed E-state index contributed by atoms with van der Waals surface area (Å²) in [6.45, 7) is 3.21. The number of aryl methyl sites for hydroxylation is 1. The smallest absolute Gasteiger partial charge is 0.318 e. The fourth-order valence-electron chi connectivity index (χ4n) is 1.33. The Morgan fingerprint density at radius 2 is 2.06 bits per heavy atom. The van der Waals surface area contributed by atoms with Crippen LogP contribution in [0.1, 0.15) is 18.7 Å². The minimum Gasteiger partial charge on any atom is -0.480 e. The molecule has 0 saturated heterocycles. The molecule has 96 valence electrons. The van der Waals surface area contributed by atoms with Gasteiger partial charge in [-0.05, 0) is 18.6 Å². The van der Waals surface area contributed by atoms with Gasteiger partial charge in [0.2, 0.25) is 0 Å². The molecule has 0 atom stereocenters. The second-order valence-electron chi connectivity index (χ2n) is 3.40. The highest BCUT2D eigenvalue weighted by Crippen LogP contribution is 2.25. The Morgan fingerprint density at radius 3 is 2.47 bits per heavy atom. The number of sulfonamides is 1. The molecule has 17 heavy (non-hydrogen) atoms. The monoisotopic (exact) mass is 277 g/mol. The topological polar surface area (TPSA) is 74.7 Å². The van der Waals surface area contributed by atoms with Crippen LogP contribution < -0.4 is 0 Å². The van der Waals surface area contributed by atoms with Crippen molar-refractivity contribution in [1.82, 2.24) is 4.31 Å². The van der Waals surface area contributed by atoms with Gasteiger partial charge in [-0.25, -0.2) is 8.42 Å². The molecule has 0 aromatic carbocycles. The lowest BCUT2D eigenvalue weighted by atomic mass is 10.4. The van der Waals surface area contributed by atoms with E-state index in [0.717, 1.165) is 15.6 Å². The first-order valence-corrected chi connectivity index (χ1v) is 7.48. The molecule has 7 heteroatoms. The summed E-state index contributed by atoms with van der Waals surface area (Å²) in [6, 6.07) is 3.29. The standard InChI is InChI=1S/C10H15NO4S2/c1-3-8-5-6-10(16-8)17(14,15)11(4-2)7-9(12)13/h5-6H,3-4,7H2,1-2H3,(H,12,13). The number of aliphatic carboxylic acids is 1. The lowest BCUT2D eigenvalue weighted by Crippen LogP contribution is -2.35. The SMILES string of the molecule is CCc1ccc(S(=O)(=O)N(CC)CC(=O)O)s1. The van der Waals surface area contributed by atoms with E-state index in [2.05, 4.69) is 0 Å². The predicted octanol–water partition coefficient (Wildman–Crippen LogP) is 1.41. The first-order chi connectivity index (χ1) is 7.91. The molecule has 1 heterocycles. The molecule has 0 aliphatic rings. The Kier molecular flexibility index (Phi) is 4.67. The molecule has 0 fully saturated rings. The van der Waals surface area contributed by atoms with E-state index < -0.39 is 22.5 Å². The zero-order valence-corrected chi connectivity index (χ0v) is 11.3. The van der Waals surface area contributed by atoms with Crippen LogP contribution >= 0.6 is 11.3 Å². The van der Waals surface area contributed by atoms with Crippen LogP contribution in [0.15, 0.2) is 16.3 Å². The van der Waals surface area contributed by atoms with Gasteiger partial charge in [-0.3, -0.25) is 4.79 Å². The summed E-state index contributed by atoms with van der Waals surface area (Å²) in [7, 11) is -3.66. The quantitative estimate of drug-likeness (QED) is 0.853. The van der Waals surface area contributed by atoms with Crippen molar-refractivity contribution >= 4 is 27.3 Å². The molecule has 0 radical (unpaired) electrons. The average Bonchev–Trinajstić information content (AvgIpc) is 2.74. The number of carboxylic acids is 1. The number of hydrogen-bond acceptors (Lipinski definition) is 4. The van der Waals surface area contributed by atoms with Crippen molar-refractivity contribution in [2.75, 3.05) is 13.1 Å². The van der Waals surface area contributed by atoms with Gasteiger partial charge >= 0.3 is 5.97 Å². The largest absolute Gasteiger partial charge is 0.480 e. The molecule has 0 bridgehead atoms. The lowest BCUT2D eigenvalue weighted by Gasteiger charge is -2.16. The maximum absolute atomic E-state index is 12.1. The molecule has 0 saturated carbocycles. The molecular formula is C10H15NO4S2. The lowest BCUT2D eigenvalue weighted by molar-refractivity contribution is -0.137. The molecule has 0 spiro atoms. The number of thiophene rings is 1. The van der Waals surface area contributed by atoms with Crippen molar-refractivity contribution in [2.24, 2.45) is 0 Å². The number of carbonyl (C=O) groups is 1. The third kappa shape index (κ3) is 3.27. The van der Waals surface area contributed by atoms with Crippen LogP contribution in [0, 0.1) is 0 Å². The van der Waals surface area contributed by atoms with Crippen LogP contribution in [0.5, 0.6) is 0 Å². The third-order valence-corrected chi connectivity index (χ3v) is 5.86. The van der Waals surface area contributed by atoms with E-state index in [0.29, 0.717) is 0 Å². The van der Waals surface area contributed by atoms with Gasteiger partial charge in [-0.1, -0.05) is 13.8 Å². The summed E-state index contributed by atoms with van der Waals surface area (Å²) in [6.07, 6.45) is 0.769. The summed E-state index contributed by atoms with van der Waals surface area (Å²) in [4.78, 5) is 11.6. The molecule has 1 rings (SSSR count). The Hall–Kier alpha value is -0.920. The van der Waals surface area contributed by atoms with Crippen LogP contribution in [0.25, 0.3) is 0 Å². The van der Waals surface area contributed by atoms with Crippen molar-refractivity contribution in [1.29, 1.82) is 0 Å². The minimum atomic E-state index is -3.66. The van der Waals surface area contributed by atoms with Gasteiger partial charge < -0.3 is 5.11 Å². The number of carboxylic acid groups (broad SMARTS) is 1. The van der Waals surface area contributed by atoms with Gasteiger partial charge in [0.1, 0.15) is 10.8 Å². The summed E-state index contributed by atoms with van der Waals surface area (Å²) >= 11 is 1.19. The average molecular weight is 277 g/mol. The maximum atomic E-state index is 12.1. The van der Waals surface area contributed by atoms with Gasteiger partial charge in [0, 0.05) is 11.4 Å². The van der Waals surface area contributed by atoms with E-state index in [1.54, 1.807) is 13.0 Å². The second kappa shape index (κ2) is 5.61. The molecule has 0 amide bonds. The Labute approximate surface area is 105 Å². The second-order valence-corrected chi connectivity index (χ2v) is 6.73. The van der Waals surface area contributed by atoms with Gasteiger partial charge in [0.25, 0.3) is 10.0 Å². The van der Waals surface area contributed by atoms with Crippen molar-refractivity contribution in [3.05, 3.63) is 17.0 Å². The first-order valence-electron chi connectivity index (χ1n) is 5.22. The van der Waals surface area contributed by atoms with Gasteiger partial charge in [-0.2, -0.15) is 4.31 Å². The summed E-state index contributed by atoms with van der Waals surface area (Å²) in [5.41, 5.74) is 0. The zero-order chi connectivity index (χ0) is 13.1. The number of likely N-dealkylation sites (N-methyl/N-ethyl adjacent to an activating group) is 1. The van der Waals surface area contributed by atoms with Gasteiger partial charge in [0.05, 0.1) is 0 Å². The van der Waals surface area contributed by atoms with Gasteiger partial charge in [-0.15, -0.1) is 11.3 Å². The third-order valence-electron chi connectivity index (χ3n) is 2.24. The van der Waals surface area contributed by atoms with Crippen LogP contribution in [0.3, 0.4) is 0 Å². The van der Waals surface area contributed by atoms with Gasteiger partial charge in [0.15, 0.2) is 0 Å². The Balaban J connectivity index is 3.03. The van der Waals surface area contributed by atoms with E-state index in [1.165, 1.54) is 17.4 Å². The van der Waals surface area contributed by atoms with E-state index >= 15 is 0 Å². The van der Waals surface area contributed by atoms with E-state index in [1.807, 2.05) is 6.92 Å². The molecular weight excluding hydrogens is 262 g/mol. The maximum Gasteiger partial charge on any atom is 0.318 e. The summed E-state index contributed by atoms with van der Waals surface area (Å²) in [5, 5.41) is 8.67. The highest BCUT2D eigenvalue weighted by atomic mass is 32.2. The molecule has 1 N–H and O–H groups in total. The zero-order valence-electron chi connectivity index (χ0n) is 9.71. The minimum absolute atomic E-state index is 0.147. The molecule has 0 unspecified atom stereocenters. The summed E-state index contributed by atoms with van der Waals surface area (Å²) < 4.78 is 25.4. The van der Waals surface area contributed by atoms with Crippen LogP contribution in [-0.4, -0.2) is 36.9 Å². The fourth-order valence-corrected chi connectivity index (χ4v) is 4.18. The highest BCUT2D eigenvalue weighted by Gasteiger charge is 2.26. The normalized spacial score (nSPS) is 11.9. The Bertz CT molecular complexity index is 492. The highest BCUT2D eigenvalue weighted by molar-refractivity contribution is 7.91. The van der Waals surface area contributed by atoms with Crippen molar-refractivity contribution in [3.8, 4) is 0 Å². The van der Waals surface area contributed by atoms with E-state index in [9.17, 15) is 13.2 Å². The van der Waals surface area contributed by atoms with E-state index in [-0.39, 0.29) is 10.8 Å². The number of rotatable bonds is 6. The first kappa shape index (κ1) is 14.1. The summed E-state index contributed by atoms with van der Waals surface area (Å²) in [5.74, 6) is -1.15. The number of hydrogen-bond donors (Lipinski definition) is 1. The van der Waals surface area contributed by atoms with Crippen molar-refractivity contribution in [2.45, 2.75) is 24.5 Å². The molecule has 0 aliphatic carbocycles. The molecule has 1 aromatic heterocycles.